The van der Waals surface area contributed by atoms with Crippen LogP contribution in [0.15, 0.2) is 54.9 Å². The molecular formula is C23H20F3N3O2. The van der Waals surface area contributed by atoms with Crippen LogP contribution in [0.5, 0.6) is 0 Å². The first kappa shape index (κ1) is 20.0. The van der Waals surface area contributed by atoms with E-state index in [9.17, 15) is 23.1 Å². The fraction of sp³-hybridized carbons (Fsp3) is 0.304. The first-order chi connectivity index (χ1) is 14.8. The standard InChI is InChI=1S/C23H20F3N3O2/c24-23(25,26)22(31)18-6-2-1-4-17(18)21(30)20-16(5-3-7-19(20)22)14-12-28-29(13-14)15-8-10-27-11-9-15/h1-7,12-13,15,27,31H,8-11H2. The van der Waals surface area contributed by atoms with Gasteiger partial charge in [0.05, 0.1) is 12.2 Å². The number of nitrogens with zero attached hydrogens (tertiary/aromatic N) is 2. The molecule has 3 aromatic rings. The van der Waals surface area contributed by atoms with Crippen LogP contribution in [0.2, 0.25) is 0 Å². The van der Waals surface area contributed by atoms with Gasteiger partial charge in [0, 0.05) is 34.0 Å². The van der Waals surface area contributed by atoms with Gasteiger partial charge in [0.1, 0.15) is 0 Å². The molecular weight excluding hydrogens is 407 g/mol. The van der Waals surface area contributed by atoms with Gasteiger partial charge in [-0.25, -0.2) is 0 Å². The highest BCUT2D eigenvalue weighted by molar-refractivity contribution is 6.16. The fourth-order valence-corrected chi connectivity index (χ4v) is 4.67. The molecule has 1 saturated heterocycles. The average molecular weight is 427 g/mol. The summed E-state index contributed by atoms with van der Waals surface area (Å²) < 4.78 is 44.4. The number of ketones is 1. The molecule has 1 aromatic heterocycles. The number of halogens is 3. The van der Waals surface area contributed by atoms with Crippen LogP contribution in [0.25, 0.3) is 11.1 Å². The third kappa shape index (κ3) is 2.93. The van der Waals surface area contributed by atoms with Gasteiger partial charge in [-0.3, -0.25) is 9.48 Å². The molecule has 160 valence electrons. The highest BCUT2D eigenvalue weighted by Crippen LogP contribution is 2.51. The van der Waals surface area contributed by atoms with Crippen LogP contribution in [-0.4, -0.2) is 39.9 Å². The molecule has 0 radical (unpaired) electrons. The normalized spacial score (nSPS) is 21.6. The predicted octanol–water partition coefficient (Wildman–Crippen LogP) is 3.82. The summed E-state index contributed by atoms with van der Waals surface area (Å²) in [7, 11) is 0. The second-order valence-corrected chi connectivity index (χ2v) is 8.00. The molecule has 1 atom stereocenters. The van der Waals surface area contributed by atoms with E-state index in [0.717, 1.165) is 32.0 Å². The maximum Gasteiger partial charge on any atom is 0.425 e. The largest absolute Gasteiger partial charge is 0.425 e. The predicted molar refractivity (Wildman–Crippen MR) is 108 cm³/mol. The number of alkyl halides is 3. The molecule has 2 N–H and O–H groups in total. The first-order valence-corrected chi connectivity index (χ1v) is 10.1. The number of rotatable bonds is 2. The summed E-state index contributed by atoms with van der Waals surface area (Å²) in [6.45, 7) is 1.74. The lowest BCUT2D eigenvalue weighted by Crippen LogP contribution is -2.47. The van der Waals surface area contributed by atoms with Gasteiger partial charge in [0.2, 0.25) is 5.60 Å². The Bertz CT molecular complexity index is 1160. The maximum absolute atomic E-state index is 14.2. The summed E-state index contributed by atoms with van der Waals surface area (Å²) in [5.41, 5.74) is -3.56. The zero-order chi connectivity index (χ0) is 21.8. The Labute approximate surface area is 176 Å². The summed E-state index contributed by atoms with van der Waals surface area (Å²) in [4.78, 5) is 13.3. The molecule has 31 heavy (non-hydrogen) atoms. The van der Waals surface area contributed by atoms with Crippen molar-refractivity contribution in [2.75, 3.05) is 13.1 Å². The minimum Gasteiger partial charge on any atom is -0.372 e. The number of hydrogen-bond donors (Lipinski definition) is 2. The number of carbonyl (C=O) groups is 1. The topological polar surface area (TPSA) is 67.1 Å². The highest BCUT2D eigenvalue weighted by Gasteiger charge is 2.60. The third-order valence-electron chi connectivity index (χ3n) is 6.25. The van der Waals surface area contributed by atoms with Gasteiger partial charge in [-0.05, 0) is 31.5 Å². The number of benzene rings is 2. The molecule has 8 heteroatoms. The molecule has 5 rings (SSSR count). The lowest BCUT2D eigenvalue weighted by atomic mass is 9.72. The van der Waals surface area contributed by atoms with Gasteiger partial charge in [0.25, 0.3) is 0 Å². The number of nitrogens with one attached hydrogen (secondary N) is 1. The number of carbonyl (C=O) groups excluding carboxylic acids is 1. The Morgan fingerprint density at radius 2 is 1.71 bits per heavy atom. The summed E-state index contributed by atoms with van der Waals surface area (Å²) in [6.07, 6.45) is 0.128. The van der Waals surface area contributed by atoms with Crippen molar-refractivity contribution in [3.05, 3.63) is 77.1 Å². The van der Waals surface area contributed by atoms with Crippen LogP contribution in [0, 0.1) is 0 Å². The molecule has 1 aliphatic carbocycles. The average Bonchev–Trinajstić information content (AvgIpc) is 3.27. The van der Waals surface area contributed by atoms with Gasteiger partial charge in [-0.15, -0.1) is 0 Å². The Balaban J connectivity index is 1.69. The molecule has 0 spiro atoms. The van der Waals surface area contributed by atoms with E-state index in [-0.39, 0.29) is 17.2 Å². The SMILES string of the molecule is O=C1c2ccccc2C(O)(C(F)(F)F)c2cccc(-c3cnn(C4CCNCC4)c3)c21. The third-order valence-corrected chi connectivity index (χ3v) is 6.25. The van der Waals surface area contributed by atoms with E-state index in [0.29, 0.717) is 11.1 Å². The van der Waals surface area contributed by atoms with Crippen molar-refractivity contribution in [3.63, 3.8) is 0 Å². The smallest absolute Gasteiger partial charge is 0.372 e. The molecule has 1 fully saturated rings. The molecule has 5 nitrogen and oxygen atoms in total. The molecule has 0 bridgehead atoms. The molecule has 1 aliphatic heterocycles. The fourth-order valence-electron chi connectivity index (χ4n) is 4.67. The lowest BCUT2D eigenvalue weighted by Gasteiger charge is -2.37. The highest BCUT2D eigenvalue weighted by atomic mass is 19.4. The van der Waals surface area contributed by atoms with E-state index < -0.39 is 28.7 Å². The van der Waals surface area contributed by atoms with Crippen LogP contribution in [0.3, 0.4) is 0 Å². The van der Waals surface area contributed by atoms with Crippen molar-refractivity contribution in [2.24, 2.45) is 0 Å². The van der Waals surface area contributed by atoms with Gasteiger partial charge >= 0.3 is 6.18 Å². The lowest BCUT2D eigenvalue weighted by molar-refractivity contribution is -0.248. The molecule has 2 aliphatic rings. The van der Waals surface area contributed by atoms with Crippen molar-refractivity contribution in [3.8, 4) is 11.1 Å². The van der Waals surface area contributed by atoms with Crippen LogP contribution in [0.4, 0.5) is 13.2 Å². The molecule has 0 amide bonds. The minimum absolute atomic E-state index is 0.133. The summed E-state index contributed by atoms with van der Waals surface area (Å²) in [5, 5.41) is 18.7. The van der Waals surface area contributed by atoms with E-state index >= 15 is 0 Å². The van der Waals surface area contributed by atoms with E-state index in [2.05, 4.69) is 10.4 Å². The summed E-state index contributed by atoms with van der Waals surface area (Å²) in [6, 6.07) is 9.78. The van der Waals surface area contributed by atoms with E-state index in [1.54, 1.807) is 18.5 Å². The second-order valence-electron chi connectivity index (χ2n) is 8.00. The van der Waals surface area contributed by atoms with Crippen molar-refractivity contribution >= 4 is 5.78 Å². The van der Waals surface area contributed by atoms with Gasteiger partial charge in [-0.2, -0.15) is 18.3 Å². The van der Waals surface area contributed by atoms with Crippen molar-refractivity contribution in [1.29, 1.82) is 0 Å². The van der Waals surface area contributed by atoms with Crippen molar-refractivity contribution in [2.45, 2.75) is 30.7 Å². The van der Waals surface area contributed by atoms with Gasteiger partial charge < -0.3 is 10.4 Å². The maximum atomic E-state index is 14.2. The quantitative estimate of drug-likeness (QED) is 0.653. The second kappa shape index (κ2) is 7.03. The van der Waals surface area contributed by atoms with Gasteiger partial charge in [0.15, 0.2) is 5.78 Å². The zero-order valence-corrected chi connectivity index (χ0v) is 16.5. The number of fused-ring (bicyclic) bond motifs is 2. The Kier molecular flexibility index (Phi) is 4.53. The van der Waals surface area contributed by atoms with Crippen LogP contribution < -0.4 is 5.32 Å². The van der Waals surface area contributed by atoms with Crippen molar-refractivity contribution < 1.29 is 23.1 Å². The van der Waals surface area contributed by atoms with E-state index in [4.69, 9.17) is 0 Å². The Hall–Kier alpha value is -2.97. The summed E-state index contributed by atoms with van der Waals surface area (Å²) >= 11 is 0. The van der Waals surface area contributed by atoms with Crippen LogP contribution in [0.1, 0.15) is 45.9 Å². The van der Waals surface area contributed by atoms with Gasteiger partial charge in [-0.1, -0.05) is 42.5 Å². The zero-order valence-electron chi connectivity index (χ0n) is 16.5. The molecule has 0 saturated carbocycles. The van der Waals surface area contributed by atoms with Crippen LogP contribution >= 0.6 is 0 Å². The number of hydrogen-bond acceptors (Lipinski definition) is 4. The Morgan fingerprint density at radius 3 is 2.45 bits per heavy atom. The van der Waals surface area contributed by atoms with Crippen molar-refractivity contribution in [1.82, 2.24) is 15.1 Å². The summed E-state index contributed by atoms with van der Waals surface area (Å²) in [5.74, 6) is -0.537. The number of piperidine rings is 1. The minimum atomic E-state index is -5.00. The van der Waals surface area contributed by atoms with E-state index in [1.807, 2.05) is 4.68 Å². The number of aromatic nitrogens is 2. The molecule has 1 unspecified atom stereocenters. The first-order valence-electron chi connectivity index (χ1n) is 10.1. The van der Waals surface area contributed by atoms with E-state index in [1.165, 1.54) is 30.3 Å². The van der Waals surface area contributed by atoms with Crippen LogP contribution in [-0.2, 0) is 5.60 Å². The monoisotopic (exact) mass is 427 g/mol. The molecule has 2 heterocycles. The number of aliphatic hydroxyl groups is 1. The Morgan fingerprint density at radius 1 is 1.03 bits per heavy atom. The molecule has 2 aromatic carbocycles.